The van der Waals surface area contributed by atoms with Gasteiger partial charge in [-0.1, -0.05) is 35.0 Å². The zero-order chi connectivity index (χ0) is 11.4. The number of nitrogens with zero attached hydrogens (tertiary/aromatic N) is 1. The summed E-state index contributed by atoms with van der Waals surface area (Å²) in [5.74, 6) is 0.895. The molecule has 0 saturated carbocycles. The van der Waals surface area contributed by atoms with Crippen molar-refractivity contribution >= 4 is 21.6 Å². The number of anilines is 1. The number of rotatable bonds is 2. The van der Waals surface area contributed by atoms with Crippen LogP contribution in [0.3, 0.4) is 0 Å². The third-order valence-electron chi connectivity index (χ3n) is 3.47. The standard InChI is InChI=1S/C14H20BrN/c1-12-3-2-9-16(10-8-12)14-6-4-13(11-15)5-7-14/h4-7,12H,2-3,8-11H2,1H3. The molecular formula is C14H20BrN. The quantitative estimate of drug-likeness (QED) is 0.734. The van der Waals surface area contributed by atoms with Crippen molar-refractivity contribution < 1.29 is 0 Å². The normalized spacial score (nSPS) is 21.9. The Morgan fingerprint density at radius 2 is 1.94 bits per heavy atom. The van der Waals surface area contributed by atoms with Gasteiger partial charge in [-0.15, -0.1) is 0 Å². The van der Waals surface area contributed by atoms with Gasteiger partial charge in [0, 0.05) is 24.1 Å². The fourth-order valence-electron chi connectivity index (χ4n) is 2.32. The predicted molar refractivity (Wildman–Crippen MR) is 74.3 cm³/mol. The number of hydrogen-bond acceptors (Lipinski definition) is 1. The first kappa shape index (κ1) is 12.0. The fourth-order valence-corrected chi connectivity index (χ4v) is 2.69. The molecule has 0 amide bonds. The molecular weight excluding hydrogens is 262 g/mol. The Balaban J connectivity index is 2.04. The lowest BCUT2D eigenvalue weighted by Crippen LogP contribution is -2.23. The Labute approximate surface area is 107 Å². The fraction of sp³-hybridized carbons (Fsp3) is 0.571. The second-order valence-electron chi connectivity index (χ2n) is 4.82. The summed E-state index contributed by atoms with van der Waals surface area (Å²) in [6.07, 6.45) is 4.05. The van der Waals surface area contributed by atoms with Gasteiger partial charge in [0.15, 0.2) is 0 Å². The predicted octanol–water partition coefficient (Wildman–Crippen LogP) is 4.21. The average molecular weight is 282 g/mol. The molecule has 1 fully saturated rings. The molecule has 0 N–H and O–H groups in total. The summed E-state index contributed by atoms with van der Waals surface area (Å²) in [5, 5.41) is 0.949. The SMILES string of the molecule is CC1CCCN(c2ccc(CBr)cc2)CC1. The highest BCUT2D eigenvalue weighted by atomic mass is 79.9. The van der Waals surface area contributed by atoms with Gasteiger partial charge in [0.2, 0.25) is 0 Å². The van der Waals surface area contributed by atoms with Crippen LogP contribution in [0.1, 0.15) is 31.7 Å². The number of benzene rings is 1. The second-order valence-corrected chi connectivity index (χ2v) is 5.38. The minimum absolute atomic E-state index is 0.895. The molecule has 0 spiro atoms. The van der Waals surface area contributed by atoms with Gasteiger partial charge in [0.1, 0.15) is 0 Å². The lowest BCUT2D eigenvalue weighted by Gasteiger charge is -2.22. The molecule has 1 atom stereocenters. The minimum atomic E-state index is 0.895. The summed E-state index contributed by atoms with van der Waals surface area (Å²) in [4.78, 5) is 2.53. The molecule has 2 heteroatoms. The van der Waals surface area contributed by atoms with Crippen molar-refractivity contribution in [2.45, 2.75) is 31.5 Å². The van der Waals surface area contributed by atoms with Crippen molar-refractivity contribution in [3.63, 3.8) is 0 Å². The van der Waals surface area contributed by atoms with E-state index in [-0.39, 0.29) is 0 Å². The van der Waals surface area contributed by atoms with Crippen molar-refractivity contribution in [3.8, 4) is 0 Å². The Morgan fingerprint density at radius 3 is 2.62 bits per heavy atom. The van der Waals surface area contributed by atoms with Crippen molar-refractivity contribution in [2.24, 2.45) is 5.92 Å². The van der Waals surface area contributed by atoms with Crippen LogP contribution in [0.2, 0.25) is 0 Å². The molecule has 1 unspecified atom stereocenters. The van der Waals surface area contributed by atoms with E-state index in [0.717, 1.165) is 11.2 Å². The van der Waals surface area contributed by atoms with Gasteiger partial charge in [-0.3, -0.25) is 0 Å². The number of hydrogen-bond donors (Lipinski definition) is 0. The molecule has 1 saturated heterocycles. The lowest BCUT2D eigenvalue weighted by atomic mass is 10.0. The van der Waals surface area contributed by atoms with Gasteiger partial charge in [-0.25, -0.2) is 0 Å². The lowest BCUT2D eigenvalue weighted by molar-refractivity contribution is 0.521. The van der Waals surface area contributed by atoms with Crippen LogP contribution in [0.25, 0.3) is 0 Å². The first-order valence-corrected chi connectivity index (χ1v) is 7.31. The maximum absolute atomic E-state index is 3.48. The summed E-state index contributed by atoms with van der Waals surface area (Å²) >= 11 is 3.48. The van der Waals surface area contributed by atoms with Crippen molar-refractivity contribution in [1.29, 1.82) is 0 Å². The molecule has 1 aliphatic heterocycles. The monoisotopic (exact) mass is 281 g/mol. The zero-order valence-electron chi connectivity index (χ0n) is 9.95. The first-order chi connectivity index (χ1) is 7.79. The van der Waals surface area contributed by atoms with E-state index < -0.39 is 0 Å². The second kappa shape index (κ2) is 5.72. The van der Waals surface area contributed by atoms with E-state index in [9.17, 15) is 0 Å². The Kier molecular flexibility index (Phi) is 4.28. The summed E-state index contributed by atoms with van der Waals surface area (Å²) in [6.45, 7) is 4.81. The molecule has 1 aromatic rings. The highest BCUT2D eigenvalue weighted by Gasteiger charge is 2.13. The molecule has 1 nitrogen and oxygen atoms in total. The van der Waals surface area contributed by atoms with Gasteiger partial charge < -0.3 is 4.90 Å². The molecule has 0 aliphatic carbocycles. The highest BCUT2D eigenvalue weighted by molar-refractivity contribution is 9.08. The van der Waals surface area contributed by atoms with E-state index in [1.165, 1.54) is 43.6 Å². The largest absolute Gasteiger partial charge is 0.372 e. The third-order valence-corrected chi connectivity index (χ3v) is 4.12. The van der Waals surface area contributed by atoms with E-state index in [1.807, 2.05) is 0 Å². The molecule has 0 radical (unpaired) electrons. The molecule has 1 heterocycles. The van der Waals surface area contributed by atoms with Crippen LogP contribution < -0.4 is 4.90 Å². The van der Waals surface area contributed by atoms with Crippen molar-refractivity contribution in [3.05, 3.63) is 29.8 Å². The Hall–Kier alpha value is -0.500. The van der Waals surface area contributed by atoms with Crippen LogP contribution in [0.5, 0.6) is 0 Å². The summed E-state index contributed by atoms with van der Waals surface area (Å²) in [5.41, 5.74) is 2.74. The number of alkyl halides is 1. The molecule has 88 valence electrons. The van der Waals surface area contributed by atoms with E-state index in [1.54, 1.807) is 0 Å². The van der Waals surface area contributed by atoms with Crippen molar-refractivity contribution in [2.75, 3.05) is 18.0 Å². The van der Waals surface area contributed by atoms with Crippen LogP contribution in [0.15, 0.2) is 24.3 Å². The van der Waals surface area contributed by atoms with Gasteiger partial charge >= 0.3 is 0 Å². The Morgan fingerprint density at radius 1 is 1.19 bits per heavy atom. The maximum atomic E-state index is 3.48. The average Bonchev–Trinajstić information content (AvgIpc) is 2.54. The summed E-state index contributed by atoms with van der Waals surface area (Å²) < 4.78 is 0. The Bertz CT molecular complexity index is 320. The molecule has 1 aliphatic rings. The van der Waals surface area contributed by atoms with Crippen LogP contribution >= 0.6 is 15.9 Å². The van der Waals surface area contributed by atoms with Crippen LogP contribution in [0, 0.1) is 5.92 Å². The molecule has 0 aromatic heterocycles. The zero-order valence-corrected chi connectivity index (χ0v) is 11.5. The van der Waals surface area contributed by atoms with Gasteiger partial charge in [0.25, 0.3) is 0 Å². The molecule has 16 heavy (non-hydrogen) atoms. The first-order valence-electron chi connectivity index (χ1n) is 6.19. The summed E-state index contributed by atoms with van der Waals surface area (Å²) in [6, 6.07) is 8.95. The van der Waals surface area contributed by atoms with E-state index in [2.05, 4.69) is 52.0 Å². The van der Waals surface area contributed by atoms with Crippen LogP contribution in [-0.2, 0) is 5.33 Å². The number of halogens is 1. The maximum Gasteiger partial charge on any atom is 0.0366 e. The topological polar surface area (TPSA) is 3.24 Å². The molecule has 2 rings (SSSR count). The van der Waals surface area contributed by atoms with Gasteiger partial charge in [0.05, 0.1) is 0 Å². The van der Waals surface area contributed by atoms with Crippen LogP contribution in [0.4, 0.5) is 5.69 Å². The molecule has 0 bridgehead atoms. The van der Waals surface area contributed by atoms with E-state index >= 15 is 0 Å². The van der Waals surface area contributed by atoms with Crippen LogP contribution in [-0.4, -0.2) is 13.1 Å². The summed E-state index contributed by atoms with van der Waals surface area (Å²) in [7, 11) is 0. The smallest absolute Gasteiger partial charge is 0.0366 e. The van der Waals surface area contributed by atoms with Gasteiger partial charge in [-0.05, 0) is 42.9 Å². The van der Waals surface area contributed by atoms with Gasteiger partial charge in [-0.2, -0.15) is 0 Å². The van der Waals surface area contributed by atoms with Crippen molar-refractivity contribution in [1.82, 2.24) is 0 Å². The van der Waals surface area contributed by atoms with E-state index in [4.69, 9.17) is 0 Å². The third kappa shape index (κ3) is 3.00. The molecule has 1 aromatic carbocycles. The minimum Gasteiger partial charge on any atom is -0.372 e. The van der Waals surface area contributed by atoms with E-state index in [0.29, 0.717) is 0 Å². The highest BCUT2D eigenvalue weighted by Crippen LogP contribution is 2.23.